The van der Waals surface area contributed by atoms with Crippen molar-refractivity contribution in [1.29, 1.82) is 0 Å². The standard InChI is InChI=1S/C8H11N.C7H17N.2C6H14N2.C6H7N.C6H13N.C5H11NO.C5H11N.C5H13N.C4H6N2.C3H9N.C3H8.C2H7N/c1-9(2)8-6-4-3-5-7-8;1-6(2)8(5)7(3)4;2*1-7-3-5-8(2)6-4-7;1-6-2-4-7-5-3-6;1-7-5-3-2-4-6-7;1-6-2-4-7-5-3-6;1-6-4-2-3-5-6;1-4-6(3)5-2;1-6-3-2-5-4-6;1-4(2)3;1-3-2;1-2-3/h3-7H,1-2H3;6-7H,1-5H3;2*3-6H2,1-2H3;2-5H,1H3;2-6H2,1H3;2-5H2,1H3;2-5H2,1H3;4-5H2,1-3H3;2-4H,1H3;1-3H3;3H2,1-2H3;2-3H2,1H3. The highest BCUT2D eigenvalue weighted by Gasteiger charge is 2.09. The van der Waals surface area contributed by atoms with E-state index in [0.717, 1.165) is 45.9 Å². The Morgan fingerprint density at radius 3 is 0.939 bits per heavy atom. The van der Waals surface area contributed by atoms with Crippen LogP contribution in [0.15, 0.2) is 73.6 Å². The van der Waals surface area contributed by atoms with Crippen LogP contribution in [0.2, 0.25) is 0 Å². The van der Waals surface area contributed by atoms with Crippen LogP contribution in [-0.4, -0.2) is 299 Å². The minimum atomic E-state index is 0.676. The monoisotopic (exact) mass is 1160 g/mol. The third-order valence-electron chi connectivity index (χ3n) is 13.1. The molecular weight excluding hydrogens is 1020 g/mol. The summed E-state index contributed by atoms with van der Waals surface area (Å²) in [6.07, 6.45) is 17.3. The number of aromatic nitrogens is 3. The molecule has 3 aromatic rings. The summed E-state index contributed by atoms with van der Waals surface area (Å²) in [6.45, 7) is 43.6. The molecule has 2 N–H and O–H groups in total. The minimum Gasteiger partial charge on any atom is -0.379 e. The largest absolute Gasteiger partial charge is 0.379 e. The molecule has 16 nitrogen and oxygen atoms in total. The highest BCUT2D eigenvalue weighted by Crippen LogP contribution is 2.08. The summed E-state index contributed by atoms with van der Waals surface area (Å²) in [4.78, 5) is 32.8. The summed E-state index contributed by atoms with van der Waals surface area (Å²) < 4.78 is 6.99. The summed E-state index contributed by atoms with van der Waals surface area (Å²) in [6, 6.07) is 15.6. The van der Waals surface area contributed by atoms with Crippen LogP contribution >= 0.6 is 0 Å². The minimum absolute atomic E-state index is 0.676. The van der Waals surface area contributed by atoms with E-state index in [1.807, 2.05) is 102 Å². The molecule has 5 aliphatic rings. The molecule has 0 unspecified atom stereocenters. The number of nitrogens with zero attached hydrogens (tertiary/aromatic N) is 14. The van der Waals surface area contributed by atoms with Crippen molar-refractivity contribution >= 4 is 5.69 Å². The van der Waals surface area contributed by atoms with Crippen molar-refractivity contribution in [1.82, 2.24) is 63.5 Å². The lowest BCUT2D eigenvalue weighted by Gasteiger charge is -2.28. The van der Waals surface area contributed by atoms with Crippen LogP contribution < -0.4 is 10.6 Å². The number of rotatable bonds is 5. The number of pyridine rings is 1. The average Bonchev–Trinajstić information content (AvgIpc) is 4.15. The Morgan fingerprint density at radius 1 is 0.476 bits per heavy atom. The van der Waals surface area contributed by atoms with Crippen LogP contribution in [0, 0.1) is 6.92 Å². The molecule has 0 bridgehead atoms. The number of nitrogens with two attached hydrogens (primary N) is 1. The second kappa shape index (κ2) is 63.9. The first-order valence-corrected chi connectivity index (χ1v) is 31.4. The molecular formula is C66H141N15O. The molecule has 7 heterocycles. The molecule has 82 heavy (non-hydrogen) atoms. The summed E-state index contributed by atoms with van der Waals surface area (Å²) in [5, 5.41) is 0. The molecule has 5 aliphatic heterocycles. The van der Waals surface area contributed by atoms with Gasteiger partial charge in [-0.3, -0.25) is 4.98 Å². The van der Waals surface area contributed by atoms with E-state index in [9.17, 15) is 0 Å². The Bertz CT molecular complexity index is 1500. The van der Waals surface area contributed by atoms with Gasteiger partial charge in [0.15, 0.2) is 0 Å². The number of morpholine rings is 1. The number of hydrogen-bond donors (Lipinski definition) is 1. The van der Waals surface area contributed by atoms with Crippen LogP contribution in [0.3, 0.4) is 0 Å². The fourth-order valence-electron chi connectivity index (χ4n) is 6.69. The van der Waals surface area contributed by atoms with Gasteiger partial charge in [0.1, 0.15) is 0 Å². The number of hydrogen-bond acceptors (Lipinski definition) is 15. The fourth-order valence-corrected chi connectivity index (χ4v) is 6.69. The first-order valence-electron chi connectivity index (χ1n) is 31.4. The fraction of sp³-hybridized carbons (Fsp3) is 0.788. The molecule has 8 rings (SSSR count). The van der Waals surface area contributed by atoms with Gasteiger partial charge in [-0.1, -0.05) is 65.7 Å². The van der Waals surface area contributed by atoms with E-state index < -0.39 is 0 Å². The smallest absolute Gasteiger partial charge is 0.0943 e. The van der Waals surface area contributed by atoms with Crippen LogP contribution in [-0.2, 0) is 11.8 Å². The molecule has 0 spiro atoms. The zero-order valence-electron chi connectivity index (χ0n) is 59.0. The van der Waals surface area contributed by atoms with Gasteiger partial charge in [0, 0.05) is 129 Å². The van der Waals surface area contributed by atoms with Crippen molar-refractivity contribution in [3.63, 3.8) is 0 Å². The molecule has 0 aliphatic carbocycles. The van der Waals surface area contributed by atoms with Gasteiger partial charge in [-0.25, -0.2) is 4.98 Å². The molecule has 1 aromatic carbocycles. The van der Waals surface area contributed by atoms with Crippen molar-refractivity contribution in [2.24, 2.45) is 12.8 Å². The maximum absolute atomic E-state index is 5.10. The average molecular weight is 1160 g/mol. The van der Waals surface area contributed by atoms with Crippen molar-refractivity contribution in [2.45, 2.75) is 120 Å². The SMILES string of the molecule is CC(C)N(C)C(C)C.CCC.CCN.CCN(C)CC.CN(C)C.CN(C)c1ccccc1.CN1CCCC1.CN1CCCCC1.CN1CCN(C)CC1.CN1CCN(C)CC1.CN1CCOCC1.Cc1ccncc1.Cn1ccnc1. The number of ether oxygens (including phenoxy) is 1. The van der Waals surface area contributed by atoms with Gasteiger partial charge >= 0.3 is 0 Å². The molecule has 0 atom stereocenters. The lowest BCUT2D eigenvalue weighted by molar-refractivity contribution is 0.0503. The number of piperazine rings is 2. The van der Waals surface area contributed by atoms with Gasteiger partial charge in [0.25, 0.3) is 0 Å². The maximum Gasteiger partial charge on any atom is 0.0943 e. The molecule has 5 fully saturated rings. The van der Waals surface area contributed by atoms with Gasteiger partial charge in [0.05, 0.1) is 19.5 Å². The van der Waals surface area contributed by atoms with E-state index in [2.05, 4.69) is 190 Å². The van der Waals surface area contributed by atoms with Crippen molar-refractivity contribution in [3.05, 3.63) is 79.1 Å². The highest BCUT2D eigenvalue weighted by molar-refractivity contribution is 5.43. The molecule has 16 heteroatoms. The van der Waals surface area contributed by atoms with E-state index in [1.54, 1.807) is 24.9 Å². The summed E-state index contributed by atoms with van der Waals surface area (Å²) >= 11 is 0. The molecule has 486 valence electrons. The summed E-state index contributed by atoms with van der Waals surface area (Å²) in [5.41, 5.74) is 7.35. The number of piperidine rings is 1. The first kappa shape index (κ1) is 87.7. The lowest BCUT2D eigenvalue weighted by atomic mass is 10.1. The summed E-state index contributed by atoms with van der Waals surface area (Å²) in [7, 11) is 31.4. The number of imidazole rings is 1. The number of benzene rings is 1. The number of para-hydroxylation sites is 1. The van der Waals surface area contributed by atoms with Crippen LogP contribution in [0.25, 0.3) is 0 Å². The van der Waals surface area contributed by atoms with E-state index in [4.69, 9.17) is 10.5 Å². The second-order valence-electron chi connectivity index (χ2n) is 23.3. The molecule has 2 aromatic heterocycles. The predicted molar refractivity (Wildman–Crippen MR) is 367 cm³/mol. The van der Waals surface area contributed by atoms with Crippen molar-refractivity contribution < 1.29 is 4.74 Å². The first-order chi connectivity index (χ1) is 38.8. The number of likely N-dealkylation sites (tertiary alicyclic amines) is 2. The Hall–Kier alpha value is -3.10. The highest BCUT2D eigenvalue weighted by atomic mass is 16.5. The van der Waals surface area contributed by atoms with E-state index in [0.29, 0.717) is 12.1 Å². The number of likely N-dealkylation sites (N-methyl/N-ethyl adjacent to an activating group) is 5. The van der Waals surface area contributed by atoms with E-state index in [-0.39, 0.29) is 0 Å². The number of aryl methyl sites for hydroxylation is 2. The van der Waals surface area contributed by atoms with Gasteiger partial charge in [0.2, 0.25) is 0 Å². The molecule has 5 saturated heterocycles. The topological polar surface area (TPSA) is 102 Å². The van der Waals surface area contributed by atoms with Crippen molar-refractivity contribution in [2.75, 3.05) is 228 Å². The summed E-state index contributed by atoms with van der Waals surface area (Å²) in [5.74, 6) is 0. The van der Waals surface area contributed by atoms with Gasteiger partial charge < -0.3 is 68.9 Å². The third kappa shape index (κ3) is 71.2. The van der Waals surface area contributed by atoms with Crippen molar-refractivity contribution in [3.8, 4) is 0 Å². The third-order valence-corrected chi connectivity index (χ3v) is 13.1. The zero-order chi connectivity index (χ0) is 63.5. The quantitative estimate of drug-likeness (QED) is 0.263. The molecule has 0 amide bonds. The van der Waals surface area contributed by atoms with E-state index in [1.165, 1.54) is 128 Å². The Labute approximate surface area is 511 Å². The Morgan fingerprint density at radius 2 is 0.793 bits per heavy atom. The van der Waals surface area contributed by atoms with Crippen LogP contribution in [0.1, 0.15) is 106 Å². The molecule has 0 saturated carbocycles. The Kier molecular flexibility index (Phi) is 68.3. The zero-order valence-corrected chi connectivity index (χ0v) is 59.0. The van der Waals surface area contributed by atoms with Gasteiger partial charge in [-0.15, -0.1) is 0 Å². The number of anilines is 1. The lowest BCUT2D eigenvalue weighted by Crippen LogP contribution is -2.42. The van der Waals surface area contributed by atoms with Gasteiger partial charge in [-0.05, 0) is 221 Å². The second-order valence-corrected chi connectivity index (χ2v) is 23.3. The molecule has 0 radical (unpaired) electrons. The predicted octanol–water partition coefficient (Wildman–Crippen LogP) is 9.30. The normalized spacial score (nSPS) is 16.5. The van der Waals surface area contributed by atoms with E-state index >= 15 is 0 Å². The van der Waals surface area contributed by atoms with Crippen LogP contribution in [0.4, 0.5) is 5.69 Å². The van der Waals surface area contributed by atoms with Crippen LogP contribution in [0.5, 0.6) is 0 Å². The van der Waals surface area contributed by atoms with Gasteiger partial charge in [-0.2, -0.15) is 0 Å². The Balaban J connectivity index is -0.000000264. The maximum atomic E-state index is 5.10.